The monoisotopic (exact) mass is 368 g/mol. The zero-order chi connectivity index (χ0) is 17.5. The van der Waals surface area contributed by atoms with E-state index >= 15 is 0 Å². The summed E-state index contributed by atoms with van der Waals surface area (Å²) >= 11 is 11.7. The fourth-order valence-corrected chi connectivity index (χ4v) is 2.20. The highest BCUT2D eigenvalue weighted by Crippen LogP contribution is 2.25. The maximum Gasteiger partial charge on any atom is 0.319 e. The molecule has 0 aliphatic rings. The number of nitro benzene ring substituents is 1. The van der Waals surface area contributed by atoms with E-state index < -0.39 is 11.0 Å². The second kappa shape index (κ2) is 8.37. The van der Waals surface area contributed by atoms with E-state index in [0.717, 1.165) is 0 Å². The van der Waals surface area contributed by atoms with Gasteiger partial charge in [0.1, 0.15) is 5.69 Å². The Labute approximate surface area is 148 Å². The quantitative estimate of drug-likeness (QED) is 0.405. The number of nitrogens with one attached hydrogen (secondary N) is 3. The lowest BCUT2D eigenvalue weighted by Crippen LogP contribution is -2.32. The third kappa shape index (κ3) is 5.00. The Balaban J connectivity index is 1.79. The predicted octanol–water partition coefficient (Wildman–Crippen LogP) is 4.14. The third-order valence-electron chi connectivity index (χ3n) is 3.00. The molecule has 0 unspecified atom stereocenters. The molecule has 0 aliphatic heterocycles. The highest BCUT2D eigenvalue weighted by molar-refractivity contribution is 6.42. The average Bonchev–Trinajstić information content (AvgIpc) is 2.55. The standard InChI is InChI=1S/C15H14Cl2N4O3/c16-11-6-5-10(9-12(11)17)20-15(22)19-8-7-18-13-3-1-2-4-14(13)21(23)24/h1-6,9,18H,7-8H2,(H2,19,20,22). The summed E-state index contributed by atoms with van der Waals surface area (Å²) in [5.74, 6) is 0. The number of carbonyl (C=O) groups excluding carboxylic acids is 1. The van der Waals surface area contributed by atoms with Gasteiger partial charge in [-0.1, -0.05) is 35.3 Å². The Hall–Kier alpha value is -2.51. The normalized spacial score (nSPS) is 10.1. The molecule has 2 aromatic carbocycles. The van der Waals surface area contributed by atoms with Crippen LogP contribution in [0.3, 0.4) is 0 Å². The molecule has 24 heavy (non-hydrogen) atoms. The first kappa shape index (κ1) is 17.8. The molecule has 2 rings (SSSR count). The Morgan fingerprint density at radius 3 is 2.54 bits per heavy atom. The third-order valence-corrected chi connectivity index (χ3v) is 3.74. The number of urea groups is 1. The molecule has 0 heterocycles. The number of amides is 2. The van der Waals surface area contributed by atoms with Crippen LogP contribution in [0.5, 0.6) is 0 Å². The smallest absolute Gasteiger partial charge is 0.319 e. The van der Waals surface area contributed by atoms with Gasteiger partial charge in [-0.2, -0.15) is 0 Å². The van der Waals surface area contributed by atoms with Gasteiger partial charge >= 0.3 is 6.03 Å². The summed E-state index contributed by atoms with van der Waals surface area (Å²) in [6, 6.07) is 10.6. The van der Waals surface area contributed by atoms with Gasteiger partial charge in [-0.3, -0.25) is 10.1 Å². The number of halogens is 2. The molecule has 7 nitrogen and oxygen atoms in total. The van der Waals surface area contributed by atoms with Crippen molar-refractivity contribution < 1.29 is 9.72 Å². The molecule has 0 aliphatic carbocycles. The lowest BCUT2D eigenvalue weighted by molar-refractivity contribution is -0.384. The van der Waals surface area contributed by atoms with Crippen molar-refractivity contribution in [2.24, 2.45) is 0 Å². The molecule has 3 N–H and O–H groups in total. The molecule has 0 bridgehead atoms. The first-order chi connectivity index (χ1) is 11.5. The van der Waals surface area contributed by atoms with Gasteiger partial charge in [0.05, 0.1) is 15.0 Å². The molecule has 0 spiro atoms. The number of hydrogen-bond donors (Lipinski definition) is 3. The fourth-order valence-electron chi connectivity index (χ4n) is 1.90. The molecule has 2 aromatic rings. The molecule has 0 saturated heterocycles. The van der Waals surface area contributed by atoms with Gasteiger partial charge in [0.15, 0.2) is 0 Å². The number of nitro groups is 1. The van der Waals surface area contributed by atoms with E-state index in [1.165, 1.54) is 12.1 Å². The van der Waals surface area contributed by atoms with Crippen molar-refractivity contribution in [2.75, 3.05) is 23.7 Å². The summed E-state index contributed by atoms with van der Waals surface area (Å²) in [5, 5.41) is 19.8. The minimum absolute atomic E-state index is 0.0160. The number of carbonyl (C=O) groups is 1. The van der Waals surface area contributed by atoms with Gasteiger partial charge in [-0.15, -0.1) is 0 Å². The van der Waals surface area contributed by atoms with Gasteiger partial charge in [-0.25, -0.2) is 4.79 Å². The highest BCUT2D eigenvalue weighted by Gasteiger charge is 2.11. The second-order valence-electron chi connectivity index (χ2n) is 4.71. The van der Waals surface area contributed by atoms with Crippen LogP contribution < -0.4 is 16.0 Å². The highest BCUT2D eigenvalue weighted by atomic mass is 35.5. The lowest BCUT2D eigenvalue weighted by atomic mass is 10.2. The number of benzene rings is 2. The maximum atomic E-state index is 11.8. The van der Waals surface area contributed by atoms with Crippen LogP contribution in [0.4, 0.5) is 21.9 Å². The minimum Gasteiger partial charge on any atom is -0.378 e. The van der Waals surface area contributed by atoms with Crippen LogP contribution >= 0.6 is 23.2 Å². The molecular formula is C15H14Cl2N4O3. The van der Waals surface area contributed by atoms with E-state index in [1.54, 1.807) is 30.3 Å². The van der Waals surface area contributed by atoms with E-state index in [0.29, 0.717) is 28.0 Å². The molecule has 0 radical (unpaired) electrons. The topological polar surface area (TPSA) is 96.3 Å². The second-order valence-corrected chi connectivity index (χ2v) is 5.53. The maximum absolute atomic E-state index is 11.8. The van der Waals surface area contributed by atoms with Crippen molar-refractivity contribution in [2.45, 2.75) is 0 Å². The van der Waals surface area contributed by atoms with Gasteiger partial charge in [0.2, 0.25) is 0 Å². The van der Waals surface area contributed by atoms with Crippen molar-refractivity contribution in [3.63, 3.8) is 0 Å². The van der Waals surface area contributed by atoms with Crippen molar-refractivity contribution in [1.29, 1.82) is 0 Å². The molecule has 126 valence electrons. The Bertz CT molecular complexity index is 755. The van der Waals surface area contributed by atoms with E-state index in [2.05, 4.69) is 16.0 Å². The summed E-state index contributed by atoms with van der Waals surface area (Å²) in [6.07, 6.45) is 0. The average molecular weight is 369 g/mol. The molecule has 0 aromatic heterocycles. The number of rotatable bonds is 6. The summed E-state index contributed by atoms with van der Waals surface area (Å²) in [4.78, 5) is 22.2. The van der Waals surface area contributed by atoms with Crippen molar-refractivity contribution in [3.8, 4) is 0 Å². The zero-order valence-electron chi connectivity index (χ0n) is 12.4. The molecule has 0 fully saturated rings. The van der Waals surface area contributed by atoms with Crippen LogP contribution in [0.1, 0.15) is 0 Å². The van der Waals surface area contributed by atoms with Crippen LogP contribution in [0.25, 0.3) is 0 Å². The van der Waals surface area contributed by atoms with Crippen LogP contribution in [-0.2, 0) is 0 Å². The fraction of sp³-hybridized carbons (Fsp3) is 0.133. The number of nitrogens with zero attached hydrogens (tertiary/aromatic N) is 1. The van der Waals surface area contributed by atoms with Crippen molar-refractivity contribution in [3.05, 3.63) is 62.6 Å². The Morgan fingerprint density at radius 1 is 1.08 bits per heavy atom. The first-order valence-corrected chi connectivity index (χ1v) is 7.70. The van der Waals surface area contributed by atoms with Gasteiger partial charge < -0.3 is 16.0 Å². The molecule has 0 saturated carbocycles. The van der Waals surface area contributed by atoms with Crippen LogP contribution in [-0.4, -0.2) is 24.0 Å². The zero-order valence-corrected chi connectivity index (χ0v) is 13.9. The molecule has 2 amide bonds. The van der Waals surface area contributed by atoms with Crippen LogP contribution in [0, 0.1) is 10.1 Å². The number of para-hydroxylation sites is 2. The molecule has 0 atom stereocenters. The van der Waals surface area contributed by atoms with E-state index in [4.69, 9.17) is 23.2 Å². The van der Waals surface area contributed by atoms with E-state index in [9.17, 15) is 14.9 Å². The SMILES string of the molecule is O=C(NCCNc1ccccc1[N+](=O)[O-])Nc1ccc(Cl)c(Cl)c1. The Morgan fingerprint density at radius 2 is 1.83 bits per heavy atom. The van der Waals surface area contributed by atoms with Crippen LogP contribution in [0.2, 0.25) is 10.0 Å². The molecule has 9 heteroatoms. The van der Waals surface area contributed by atoms with Gasteiger partial charge in [-0.05, 0) is 24.3 Å². The number of anilines is 2. The van der Waals surface area contributed by atoms with Crippen molar-refractivity contribution in [1.82, 2.24) is 5.32 Å². The van der Waals surface area contributed by atoms with Gasteiger partial charge in [0, 0.05) is 24.8 Å². The van der Waals surface area contributed by atoms with E-state index in [1.807, 2.05) is 0 Å². The van der Waals surface area contributed by atoms with Crippen LogP contribution in [0.15, 0.2) is 42.5 Å². The lowest BCUT2D eigenvalue weighted by Gasteiger charge is -2.10. The first-order valence-electron chi connectivity index (χ1n) is 6.94. The van der Waals surface area contributed by atoms with E-state index in [-0.39, 0.29) is 12.2 Å². The minimum atomic E-state index is -0.466. The Kier molecular flexibility index (Phi) is 6.22. The van der Waals surface area contributed by atoms with Gasteiger partial charge in [0.25, 0.3) is 5.69 Å². The molecular weight excluding hydrogens is 355 g/mol. The summed E-state index contributed by atoms with van der Waals surface area (Å²) in [5.41, 5.74) is 0.889. The summed E-state index contributed by atoms with van der Waals surface area (Å²) in [7, 11) is 0. The predicted molar refractivity (Wildman–Crippen MR) is 95.1 cm³/mol. The van der Waals surface area contributed by atoms with Crippen molar-refractivity contribution >= 4 is 46.3 Å². The summed E-state index contributed by atoms with van der Waals surface area (Å²) in [6.45, 7) is 0.610. The summed E-state index contributed by atoms with van der Waals surface area (Å²) < 4.78 is 0. The largest absolute Gasteiger partial charge is 0.378 e. The number of hydrogen-bond acceptors (Lipinski definition) is 4.